The number of hydrogen-bond acceptors (Lipinski definition) is 3. The second-order valence-corrected chi connectivity index (χ2v) is 5.38. The van der Waals surface area contributed by atoms with Gasteiger partial charge in [-0.05, 0) is 0 Å². The van der Waals surface area contributed by atoms with Gasteiger partial charge in [-0.3, -0.25) is 0 Å². The first-order valence-corrected chi connectivity index (χ1v) is 5.84. The largest absolute Gasteiger partial charge is 0.348 e. The van der Waals surface area contributed by atoms with Crippen LogP contribution in [0.3, 0.4) is 0 Å². The summed E-state index contributed by atoms with van der Waals surface area (Å²) in [5, 5.41) is 0. The van der Waals surface area contributed by atoms with Gasteiger partial charge in [-0.15, -0.1) is 0 Å². The summed E-state index contributed by atoms with van der Waals surface area (Å²) in [7, 11) is -3.17. The zero-order chi connectivity index (χ0) is 9.53. The van der Waals surface area contributed by atoms with E-state index in [1.807, 2.05) is 18.2 Å². The van der Waals surface area contributed by atoms with Gasteiger partial charge in [0.2, 0.25) is 4.93 Å². The zero-order valence-corrected chi connectivity index (χ0v) is 8.04. The van der Waals surface area contributed by atoms with Crippen molar-refractivity contribution in [3.63, 3.8) is 0 Å². The summed E-state index contributed by atoms with van der Waals surface area (Å²) in [5.74, 6) is 0. The van der Waals surface area contributed by atoms with Gasteiger partial charge in [0, 0.05) is 11.8 Å². The predicted molar refractivity (Wildman–Crippen MR) is 48.9 cm³/mol. The van der Waals surface area contributed by atoms with Crippen LogP contribution >= 0.6 is 0 Å². The predicted octanol–water partition coefficient (Wildman–Crippen LogP) is 0.914. The smallest absolute Gasteiger partial charge is 0.217 e. The molecule has 0 radical (unpaired) electrons. The van der Waals surface area contributed by atoms with E-state index in [4.69, 9.17) is 4.74 Å². The third-order valence-corrected chi connectivity index (χ3v) is 3.89. The van der Waals surface area contributed by atoms with Gasteiger partial charge >= 0.3 is 0 Å². The molecule has 1 aromatic rings. The number of epoxide rings is 1. The van der Waals surface area contributed by atoms with E-state index in [1.54, 1.807) is 12.1 Å². The van der Waals surface area contributed by atoms with Gasteiger partial charge in [0.1, 0.15) is 0 Å². The molecule has 70 valence electrons. The van der Waals surface area contributed by atoms with Crippen molar-refractivity contribution in [2.24, 2.45) is 0 Å². The Morgan fingerprint density at radius 2 is 1.85 bits per heavy atom. The summed E-state index contributed by atoms with van der Waals surface area (Å²) in [4.78, 5) is -1.05. The second kappa shape index (κ2) is 2.56. The number of sulfone groups is 1. The van der Waals surface area contributed by atoms with Crippen molar-refractivity contribution < 1.29 is 13.2 Å². The summed E-state index contributed by atoms with van der Waals surface area (Å²) in [6.45, 7) is 0.274. The zero-order valence-electron chi connectivity index (χ0n) is 7.23. The van der Waals surface area contributed by atoms with E-state index >= 15 is 0 Å². The molecular weight excluding hydrogens is 188 g/mol. The lowest BCUT2D eigenvalue weighted by atomic mass is 10.2. The van der Waals surface area contributed by atoms with Crippen LogP contribution in [-0.4, -0.2) is 21.3 Å². The first kappa shape index (κ1) is 8.72. The van der Waals surface area contributed by atoms with E-state index < -0.39 is 14.8 Å². The van der Waals surface area contributed by atoms with Gasteiger partial charge in [-0.1, -0.05) is 30.3 Å². The molecule has 0 aromatic heterocycles. The summed E-state index contributed by atoms with van der Waals surface area (Å²) < 4.78 is 27.8. The van der Waals surface area contributed by atoms with Crippen LogP contribution in [0.4, 0.5) is 0 Å². The topological polar surface area (TPSA) is 46.7 Å². The van der Waals surface area contributed by atoms with Crippen LogP contribution in [-0.2, 0) is 19.5 Å². The molecule has 0 saturated carbocycles. The molecule has 13 heavy (non-hydrogen) atoms. The highest BCUT2D eigenvalue weighted by Crippen LogP contribution is 2.43. The summed E-state index contributed by atoms with van der Waals surface area (Å²) >= 11 is 0. The molecule has 0 aliphatic carbocycles. The molecule has 2 rings (SSSR count). The molecule has 1 heterocycles. The molecule has 0 N–H and O–H groups in total. The third-order valence-electron chi connectivity index (χ3n) is 2.22. The number of hydrogen-bond donors (Lipinski definition) is 0. The minimum atomic E-state index is -3.17. The molecule has 1 unspecified atom stereocenters. The van der Waals surface area contributed by atoms with E-state index in [1.165, 1.54) is 6.26 Å². The van der Waals surface area contributed by atoms with Crippen LogP contribution in [0, 0.1) is 0 Å². The minimum Gasteiger partial charge on any atom is -0.348 e. The van der Waals surface area contributed by atoms with Crippen LogP contribution in [0.15, 0.2) is 30.3 Å². The molecule has 1 aliphatic rings. The molecule has 1 fully saturated rings. The Morgan fingerprint density at radius 3 is 2.23 bits per heavy atom. The fourth-order valence-electron chi connectivity index (χ4n) is 1.35. The van der Waals surface area contributed by atoms with Gasteiger partial charge < -0.3 is 4.74 Å². The van der Waals surface area contributed by atoms with E-state index in [0.717, 1.165) is 5.56 Å². The Kier molecular flexibility index (Phi) is 1.72. The Hall–Kier alpha value is -0.870. The van der Waals surface area contributed by atoms with Crippen molar-refractivity contribution in [1.82, 2.24) is 0 Å². The van der Waals surface area contributed by atoms with Gasteiger partial charge in [0.15, 0.2) is 9.84 Å². The van der Waals surface area contributed by atoms with E-state index in [2.05, 4.69) is 0 Å². The molecule has 4 heteroatoms. The maximum absolute atomic E-state index is 11.4. The van der Waals surface area contributed by atoms with Gasteiger partial charge in [0.05, 0.1) is 6.61 Å². The standard InChI is InChI=1S/C9H10O3S/c1-13(10,11)9(7-12-9)8-5-3-2-4-6-8/h2-6H,7H2,1H3. The number of benzene rings is 1. The number of rotatable bonds is 2. The highest BCUT2D eigenvalue weighted by Gasteiger charge is 2.55. The first-order chi connectivity index (χ1) is 6.06. The molecule has 0 amide bonds. The van der Waals surface area contributed by atoms with Gasteiger partial charge in [-0.25, -0.2) is 8.42 Å². The van der Waals surface area contributed by atoms with Crippen LogP contribution in [0.5, 0.6) is 0 Å². The maximum atomic E-state index is 11.4. The van der Waals surface area contributed by atoms with E-state index in [9.17, 15) is 8.42 Å². The average molecular weight is 198 g/mol. The van der Waals surface area contributed by atoms with Crippen molar-refractivity contribution in [3.8, 4) is 0 Å². The number of ether oxygens (including phenoxy) is 1. The molecule has 1 saturated heterocycles. The molecule has 1 atom stereocenters. The van der Waals surface area contributed by atoms with Crippen molar-refractivity contribution in [2.75, 3.05) is 12.9 Å². The highest BCUT2D eigenvalue weighted by molar-refractivity contribution is 7.91. The Morgan fingerprint density at radius 1 is 1.31 bits per heavy atom. The Labute approximate surface area is 77.3 Å². The normalized spacial score (nSPS) is 27.2. The quantitative estimate of drug-likeness (QED) is 0.664. The highest BCUT2D eigenvalue weighted by atomic mass is 32.2. The first-order valence-electron chi connectivity index (χ1n) is 3.95. The van der Waals surface area contributed by atoms with E-state index in [0.29, 0.717) is 0 Å². The minimum absolute atomic E-state index is 0.274. The SMILES string of the molecule is CS(=O)(=O)C1(c2ccccc2)CO1. The molecule has 1 aromatic carbocycles. The van der Waals surface area contributed by atoms with Crippen molar-refractivity contribution in [1.29, 1.82) is 0 Å². The lowest BCUT2D eigenvalue weighted by Crippen LogP contribution is -2.20. The van der Waals surface area contributed by atoms with Gasteiger partial charge in [-0.2, -0.15) is 0 Å². The van der Waals surface area contributed by atoms with Crippen LogP contribution in [0.25, 0.3) is 0 Å². The lowest BCUT2D eigenvalue weighted by molar-refractivity contribution is 0.375. The van der Waals surface area contributed by atoms with Crippen LogP contribution in [0.2, 0.25) is 0 Å². The van der Waals surface area contributed by atoms with Crippen LogP contribution < -0.4 is 0 Å². The van der Waals surface area contributed by atoms with Crippen molar-refractivity contribution in [2.45, 2.75) is 4.93 Å². The van der Waals surface area contributed by atoms with Gasteiger partial charge in [0.25, 0.3) is 0 Å². The lowest BCUT2D eigenvalue weighted by Gasteiger charge is -2.08. The van der Waals surface area contributed by atoms with Crippen LogP contribution in [0.1, 0.15) is 5.56 Å². The molecule has 0 spiro atoms. The van der Waals surface area contributed by atoms with Crippen molar-refractivity contribution >= 4 is 9.84 Å². The molecular formula is C9H10O3S. The third kappa shape index (κ3) is 1.26. The summed E-state index contributed by atoms with van der Waals surface area (Å²) in [6, 6.07) is 9.01. The summed E-state index contributed by atoms with van der Waals surface area (Å²) in [6.07, 6.45) is 1.20. The molecule has 0 bridgehead atoms. The monoisotopic (exact) mass is 198 g/mol. The second-order valence-electron chi connectivity index (χ2n) is 3.18. The summed E-state index contributed by atoms with van der Waals surface area (Å²) in [5.41, 5.74) is 0.720. The van der Waals surface area contributed by atoms with Crippen molar-refractivity contribution in [3.05, 3.63) is 35.9 Å². The Bertz CT molecular complexity index is 404. The van der Waals surface area contributed by atoms with E-state index in [-0.39, 0.29) is 6.61 Å². The Balaban J connectivity index is 2.49. The fraction of sp³-hybridized carbons (Fsp3) is 0.333. The molecule has 1 aliphatic heterocycles. The molecule has 3 nitrogen and oxygen atoms in total. The average Bonchev–Trinajstić information content (AvgIpc) is 2.84. The fourth-order valence-corrected chi connectivity index (χ4v) is 2.40. The maximum Gasteiger partial charge on any atom is 0.217 e.